The summed E-state index contributed by atoms with van der Waals surface area (Å²) in [5, 5.41) is 8.92. The molecule has 0 radical (unpaired) electrons. The number of methoxy groups -OCH3 is 1. The number of alkyl halides is 2. The van der Waals surface area contributed by atoms with E-state index in [0.29, 0.717) is 35.1 Å². The zero-order valence-corrected chi connectivity index (χ0v) is 23.1. The Bertz CT molecular complexity index is 1640. The summed E-state index contributed by atoms with van der Waals surface area (Å²) in [6.45, 7) is -0.917. The molecular formula is C31H29F3N4O4. The number of rotatable bonds is 9. The smallest absolute Gasteiger partial charge is 0.387 e. The molecule has 4 aromatic rings. The van der Waals surface area contributed by atoms with Gasteiger partial charge in [0.05, 0.1) is 36.4 Å². The van der Waals surface area contributed by atoms with E-state index < -0.39 is 18.4 Å². The normalized spacial score (nSPS) is 14.2. The van der Waals surface area contributed by atoms with Crippen LogP contribution in [0.5, 0.6) is 11.5 Å². The summed E-state index contributed by atoms with van der Waals surface area (Å²) >= 11 is 0. The van der Waals surface area contributed by atoms with Crippen LogP contribution in [0.25, 0.3) is 11.0 Å². The van der Waals surface area contributed by atoms with Crippen molar-refractivity contribution < 1.29 is 32.2 Å². The van der Waals surface area contributed by atoms with Crippen molar-refractivity contribution in [2.45, 2.75) is 38.5 Å². The monoisotopic (exact) mass is 578 g/mol. The lowest BCUT2D eigenvalue weighted by Crippen LogP contribution is -2.33. The number of ether oxygens (including phenoxy) is 3. The van der Waals surface area contributed by atoms with Gasteiger partial charge in [0.1, 0.15) is 29.5 Å². The van der Waals surface area contributed by atoms with Crippen LogP contribution in [-0.4, -0.2) is 47.2 Å². The van der Waals surface area contributed by atoms with Gasteiger partial charge in [-0.2, -0.15) is 14.0 Å². The number of carbonyl (C=O) groups excluding carboxylic acids is 1. The molecular weight excluding hydrogens is 549 g/mol. The molecule has 1 aromatic heterocycles. The fourth-order valence-corrected chi connectivity index (χ4v) is 5.24. The van der Waals surface area contributed by atoms with Gasteiger partial charge < -0.3 is 18.8 Å². The number of esters is 1. The number of benzene rings is 3. The van der Waals surface area contributed by atoms with Gasteiger partial charge in [0.2, 0.25) is 0 Å². The fourth-order valence-electron chi connectivity index (χ4n) is 5.24. The van der Waals surface area contributed by atoms with Crippen molar-refractivity contribution in [1.29, 1.82) is 5.26 Å². The highest BCUT2D eigenvalue weighted by Crippen LogP contribution is 2.33. The van der Waals surface area contributed by atoms with Crippen LogP contribution in [0.3, 0.4) is 0 Å². The number of fused-ring (bicyclic) bond motifs is 1. The zero-order chi connectivity index (χ0) is 29.8. The molecule has 0 atom stereocenters. The van der Waals surface area contributed by atoms with E-state index in [0.717, 1.165) is 31.5 Å². The van der Waals surface area contributed by atoms with Gasteiger partial charge in [-0.1, -0.05) is 18.2 Å². The molecule has 0 unspecified atom stereocenters. The number of halogens is 3. The first-order valence-corrected chi connectivity index (χ1v) is 13.4. The number of imidazole rings is 1. The molecule has 0 N–H and O–H groups in total. The summed E-state index contributed by atoms with van der Waals surface area (Å²) in [4.78, 5) is 18.9. The molecule has 8 nitrogen and oxygen atoms in total. The van der Waals surface area contributed by atoms with Gasteiger partial charge in [-0.3, -0.25) is 4.90 Å². The molecule has 0 amide bonds. The molecule has 0 saturated carbocycles. The maximum atomic E-state index is 14.2. The lowest BCUT2D eigenvalue weighted by molar-refractivity contribution is -0.0489. The number of nitriles is 1. The lowest BCUT2D eigenvalue weighted by atomic mass is 9.89. The van der Waals surface area contributed by atoms with Crippen LogP contribution >= 0.6 is 0 Å². The summed E-state index contributed by atoms with van der Waals surface area (Å²) in [6.07, 6.45) is 1.79. The summed E-state index contributed by atoms with van der Waals surface area (Å²) in [5.74, 6) is 0.316. The minimum absolute atomic E-state index is 0.0582. The van der Waals surface area contributed by atoms with E-state index in [2.05, 4.69) is 20.7 Å². The van der Waals surface area contributed by atoms with E-state index in [1.807, 2.05) is 24.3 Å². The molecule has 2 heterocycles. The van der Waals surface area contributed by atoms with Crippen molar-refractivity contribution in [3.63, 3.8) is 0 Å². The van der Waals surface area contributed by atoms with Crippen LogP contribution in [0.4, 0.5) is 13.2 Å². The minimum Gasteiger partial charge on any atom is -0.489 e. The molecule has 0 aliphatic carbocycles. The molecule has 1 aliphatic rings. The highest BCUT2D eigenvalue weighted by molar-refractivity contribution is 5.96. The Morgan fingerprint density at radius 3 is 2.62 bits per heavy atom. The number of likely N-dealkylation sites (tertiary alicyclic amines) is 1. The molecule has 0 bridgehead atoms. The Balaban J connectivity index is 1.24. The first kappa shape index (κ1) is 29.0. The topological polar surface area (TPSA) is 89.6 Å². The van der Waals surface area contributed by atoms with E-state index in [4.69, 9.17) is 14.7 Å². The Morgan fingerprint density at radius 1 is 1.14 bits per heavy atom. The quantitative estimate of drug-likeness (QED) is 0.228. The maximum Gasteiger partial charge on any atom is 0.387 e. The molecule has 11 heteroatoms. The van der Waals surface area contributed by atoms with E-state index in [9.17, 15) is 18.0 Å². The first-order valence-electron chi connectivity index (χ1n) is 13.4. The van der Waals surface area contributed by atoms with Crippen molar-refractivity contribution >= 4 is 17.0 Å². The second kappa shape index (κ2) is 12.5. The number of aromatic nitrogens is 2. The second-order valence-corrected chi connectivity index (χ2v) is 10.1. The third kappa shape index (κ3) is 6.34. The standard InChI is InChI=1S/C31H29F3N4O4/c1-37-26-14-23(30(39)40-2)15-27(42-31(33)34)29(26)36-28(37)17-38-10-8-20(9-11-38)21-4-3-5-24(13-21)41-18-22-7-6-19(16-35)12-25(22)32/h3-7,12-15,20,31H,8-11,17-18H2,1-2H3. The van der Waals surface area contributed by atoms with Crippen molar-refractivity contribution in [2.75, 3.05) is 20.2 Å². The van der Waals surface area contributed by atoms with Gasteiger partial charge in [-0.05, 0) is 73.8 Å². The molecule has 1 aliphatic heterocycles. The van der Waals surface area contributed by atoms with Crippen molar-refractivity contribution in [3.05, 3.63) is 88.5 Å². The second-order valence-electron chi connectivity index (χ2n) is 10.1. The summed E-state index contributed by atoms with van der Waals surface area (Å²) in [6, 6.07) is 16.8. The third-order valence-corrected chi connectivity index (χ3v) is 7.54. The van der Waals surface area contributed by atoms with Gasteiger partial charge in [0.25, 0.3) is 0 Å². The predicted molar refractivity (Wildman–Crippen MR) is 148 cm³/mol. The van der Waals surface area contributed by atoms with Gasteiger partial charge >= 0.3 is 12.6 Å². The number of hydrogen-bond donors (Lipinski definition) is 0. The van der Waals surface area contributed by atoms with E-state index >= 15 is 0 Å². The third-order valence-electron chi connectivity index (χ3n) is 7.54. The average Bonchev–Trinajstić information content (AvgIpc) is 3.31. The highest BCUT2D eigenvalue weighted by Gasteiger charge is 2.24. The molecule has 5 rings (SSSR count). The predicted octanol–water partition coefficient (Wildman–Crippen LogP) is 5.93. The van der Waals surface area contributed by atoms with Gasteiger partial charge in [-0.25, -0.2) is 14.2 Å². The van der Waals surface area contributed by atoms with Gasteiger partial charge in [0, 0.05) is 12.6 Å². The Hall–Kier alpha value is -4.56. The largest absolute Gasteiger partial charge is 0.489 e. The van der Waals surface area contributed by atoms with Gasteiger partial charge in [0.15, 0.2) is 5.75 Å². The Labute approximate surface area is 240 Å². The Kier molecular flexibility index (Phi) is 8.64. The zero-order valence-electron chi connectivity index (χ0n) is 23.1. The SMILES string of the molecule is COC(=O)c1cc(OC(F)F)c2nc(CN3CCC(c4cccc(OCc5ccc(C#N)cc5F)c4)CC3)n(C)c2c1. The summed E-state index contributed by atoms with van der Waals surface area (Å²) in [5.41, 5.74) is 2.64. The maximum absolute atomic E-state index is 14.2. The van der Waals surface area contributed by atoms with Gasteiger partial charge in [-0.15, -0.1) is 0 Å². The highest BCUT2D eigenvalue weighted by atomic mass is 19.3. The molecule has 218 valence electrons. The van der Waals surface area contributed by atoms with Crippen molar-refractivity contribution in [1.82, 2.24) is 14.5 Å². The van der Waals surface area contributed by atoms with Crippen molar-refractivity contribution in [3.8, 4) is 17.6 Å². The number of hydrogen-bond acceptors (Lipinski definition) is 7. The van der Waals surface area contributed by atoms with Crippen LogP contribution in [0.1, 0.15) is 51.6 Å². The van der Waals surface area contributed by atoms with Crippen LogP contribution in [0.15, 0.2) is 54.6 Å². The number of piperidine rings is 1. The summed E-state index contributed by atoms with van der Waals surface area (Å²) < 4.78 is 57.5. The molecule has 1 saturated heterocycles. The fraction of sp³-hybridized carbons (Fsp3) is 0.323. The molecule has 3 aromatic carbocycles. The minimum atomic E-state index is -3.06. The Morgan fingerprint density at radius 2 is 1.93 bits per heavy atom. The average molecular weight is 579 g/mol. The van der Waals surface area contributed by atoms with E-state index in [1.54, 1.807) is 29.8 Å². The first-order chi connectivity index (χ1) is 20.2. The number of nitrogens with zero attached hydrogens (tertiary/aromatic N) is 4. The molecule has 1 fully saturated rings. The lowest BCUT2D eigenvalue weighted by Gasteiger charge is -2.32. The number of carbonyl (C=O) groups is 1. The molecule has 42 heavy (non-hydrogen) atoms. The van der Waals surface area contributed by atoms with E-state index in [-0.39, 0.29) is 29.0 Å². The number of aryl methyl sites for hydroxylation is 1. The van der Waals surface area contributed by atoms with Crippen LogP contribution in [0.2, 0.25) is 0 Å². The van der Waals surface area contributed by atoms with Crippen LogP contribution in [-0.2, 0) is 24.9 Å². The van der Waals surface area contributed by atoms with E-state index in [1.165, 1.54) is 19.2 Å². The summed E-state index contributed by atoms with van der Waals surface area (Å²) in [7, 11) is 3.00. The van der Waals surface area contributed by atoms with Crippen LogP contribution in [0, 0.1) is 17.1 Å². The molecule has 0 spiro atoms. The van der Waals surface area contributed by atoms with Crippen molar-refractivity contribution in [2.24, 2.45) is 7.05 Å². The van der Waals surface area contributed by atoms with Crippen LogP contribution < -0.4 is 9.47 Å².